The van der Waals surface area contributed by atoms with E-state index >= 15 is 0 Å². The Bertz CT molecular complexity index is 1230. The lowest BCUT2D eigenvalue weighted by atomic mass is 9.68. The van der Waals surface area contributed by atoms with Gasteiger partial charge in [-0.1, -0.05) is 47.8 Å². The number of hydrogen-bond acceptors (Lipinski definition) is 6. The van der Waals surface area contributed by atoms with Crippen molar-refractivity contribution < 1.29 is 4.79 Å². The van der Waals surface area contributed by atoms with Crippen LogP contribution in [0.1, 0.15) is 47.3 Å². The van der Waals surface area contributed by atoms with Gasteiger partial charge in [-0.05, 0) is 61.9 Å². The summed E-state index contributed by atoms with van der Waals surface area (Å²) in [6.45, 7) is 1.27. The van der Waals surface area contributed by atoms with E-state index in [2.05, 4.69) is 26.8 Å². The van der Waals surface area contributed by atoms with E-state index in [-0.39, 0.29) is 17.4 Å². The Morgan fingerprint density at radius 1 is 1.14 bits per heavy atom. The topological polar surface area (TPSA) is 84.1 Å². The zero-order chi connectivity index (χ0) is 24.4. The summed E-state index contributed by atoms with van der Waals surface area (Å²) in [7, 11) is 0. The number of carbonyl (C=O) groups excluding carboxylic acids is 1. The number of fused-ring (bicyclic) bond motifs is 1. The average molecular weight is 508 g/mol. The Morgan fingerprint density at radius 3 is 2.66 bits per heavy atom. The molecule has 8 heteroatoms. The highest BCUT2D eigenvalue weighted by molar-refractivity contribution is 7.99. The summed E-state index contributed by atoms with van der Waals surface area (Å²) in [6, 6.07) is 16.4. The van der Waals surface area contributed by atoms with Crippen LogP contribution in [-0.2, 0) is 11.8 Å². The monoisotopic (exact) mass is 507 g/mol. The number of benzene rings is 2. The van der Waals surface area contributed by atoms with Gasteiger partial charge in [-0.2, -0.15) is 0 Å². The summed E-state index contributed by atoms with van der Waals surface area (Å²) < 4.78 is 3.26. The first-order valence-electron chi connectivity index (χ1n) is 12.0. The molecule has 5 rings (SSSR count). The van der Waals surface area contributed by atoms with Crippen LogP contribution in [0.15, 0.2) is 54.9 Å². The standard InChI is InChI=1S/C27H30ClN5OS/c1-35-32-21-7-2-4-18(14-21)24-23-10-13-33(26(34)25(23)31-17-30-24)22-8-11-27(16-29,12-9-22)19-5-3-6-20(28)15-19/h2-7,14-15,17,22,32H,8-13,16,29H2,1H3. The first-order valence-corrected chi connectivity index (χ1v) is 13.7. The van der Waals surface area contributed by atoms with Crippen LogP contribution in [0.5, 0.6) is 0 Å². The van der Waals surface area contributed by atoms with Crippen molar-refractivity contribution in [2.24, 2.45) is 5.73 Å². The van der Waals surface area contributed by atoms with E-state index < -0.39 is 0 Å². The molecule has 35 heavy (non-hydrogen) atoms. The molecular formula is C27H30ClN5OS. The Balaban J connectivity index is 1.35. The maximum absolute atomic E-state index is 13.6. The number of rotatable bonds is 6. The fourth-order valence-electron chi connectivity index (χ4n) is 5.64. The van der Waals surface area contributed by atoms with Gasteiger partial charge in [0.1, 0.15) is 12.0 Å². The SMILES string of the molecule is CSNc1cccc(-c2ncnc3c2CCN(C2CCC(CN)(c4cccc(Cl)c4)CC2)C3=O)c1. The molecule has 0 saturated heterocycles. The second kappa shape index (κ2) is 10.2. The van der Waals surface area contributed by atoms with E-state index in [0.717, 1.165) is 59.6 Å². The van der Waals surface area contributed by atoms with E-state index in [9.17, 15) is 4.79 Å². The molecule has 2 aromatic carbocycles. The molecule has 1 aliphatic heterocycles. The van der Waals surface area contributed by atoms with Crippen LogP contribution >= 0.6 is 23.5 Å². The first-order chi connectivity index (χ1) is 17.0. The van der Waals surface area contributed by atoms with Crippen molar-refractivity contribution in [3.63, 3.8) is 0 Å². The second-order valence-corrected chi connectivity index (χ2v) is 10.5. The van der Waals surface area contributed by atoms with Gasteiger partial charge in [0.05, 0.1) is 5.69 Å². The molecule has 0 unspecified atom stereocenters. The van der Waals surface area contributed by atoms with Crippen molar-refractivity contribution in [3.8, 4) is 11.3 Å². The van der Waals surface area contributed by atoms with E-state index in [1.165, 1.54) is 11.9 Å². The summed E-state index contributed by atoms with van der Waals surface area (Å²) >= 11 is 7.82. The highest BCUT2D eigenvalue weighted by atomic mass is 35.5. The highest BCUT2D eigenvalue weighted by Crippen LogP contribution is 2.42. The third-order valence-corrected chi connectivity index (χ3v) is 8.22. The van der Waals surface area contributed by atoms with Crippen molar-refractivity contribution in [2.45, 2.75) is 43.6 Å². The van der Waals surface area contributed by atoms with Crippen LogP contribution in [0.3, 0.4) is 0 Å². The zero-order valence-electron chi connectivity index (χ0n) is 19.8. The lowest BCUT2D eigenvalue weighted by Gasteiger charge is -2.44. The van der Waals surface area contributed by atoms with Gasteiger partial charge in [0.2, 0.25) is 0 Å². The first kappa shape index (κ1) is 24.1. The largest absolute Gasteiger partial charge is 0.334 e. The summed E-state index contributed by atoms with van der Waals surface area (Å²) in [6.07, 6.45) is 7.99. The normalized spacial score (nSPS) is 22.1. The smallest absolute Gasteiger partial charge is 0.273 e. The summed E-state index contributed by atoms with van der Waals surface area (Å²) in [4.78, 5) is 24.6. The molecule has 0 radical (unpaired) electrons. The number of aromatic nitrogens is 2. The van der Waals surface area contributed by atoms with E-state index in [1.807, 2.05) is 47.6 Å². The number of anilines is 1. The van der Waals surface area contributed by atoms with E-state index in [0.29, 0.717) is 18.8 Å². The van der Waals surface area contributed by atoms with Crippen LogP contribution in [0.25, 0.3) is 11.3 Å². The fraction of sp³-hybridized carbons (Fsp3) is 0.370. The highest BCUT2D eigenvalue weighted by Gasteiger charge is 2.40. The molecule has 3 N–H and O–H groups in total. The molecule has 2 heterocycles. The van der Waals surface area contributed by atoms with Crippen LogP contribution < -0.4 is 10.5 Å². The summed E-state index contributed by atoms with van der Waals surface area (Å²) in [5.74, 6) is 0.0151. The van der Waals surface area contributed by atoms with E-state index in [4.69, 9.17) is 17.3 Å². The zero-order valence-corrected chi connectivity index (χ0v) is 21.4. The number of amides is 1. The molecule has 0 spiro atoms. The fourth-order valence-corrected chi connectivity index (χ4v) is 6.20. The Labute approximate surface area is 215 Å². The molecule has 1 saturated carbocycles. The van der Waals surface area contributed by atoms with Crippen molar-refractivity contribution >= 4 is 35.1 Å². The molecule has 0 atom stereocenters. The van der Waals surface area contributed by atoms with Crippen LogP contribution in [0.4, 0.5) is 5.69 Å². The van der Waals surface area contributed by atoms with Gasteiger partial charge >= 0.3 is 0 Å². The van der Waals surface area contributed by atoms with Gasteiger partial charge in [-0.3, -0.25) is 4.79 Å². The number of nitrogens with two attached hydrogens (primary N) is 1. The second-order valence-electron chi connectivity index (χ2n) is 9.41. The van der Waals surface area contributed by atoms with Crippen molar-refractivity contribution in [2.75, 3.05) is 24.1 Å². The number of carbonyl (C=O) groups is 1. The Morgan fingerprint density at radius 2 is 1.91 bits per heavy atom. The lowest BCUT2D eigenvalue weighted by molar-refractivity contribution is 0.0568. The lowest BCUT2D eigenvalue weighted by Crippen LogP contribution is -2.50. The van der Waals surface area contributed by atoms with E-state index in [1.54, 1.807) is 11.9 Å². The molecule has 182 valence electrons. The molecule has 2 aliphatic rings. The molecule has 1 fully saturated rings. The van der Waals surface area contributed by atoms with Gasteiger partial charge in [0, 0.05) is 52.6 Å². The third kappa shape index (κ3) is 4.65. The molecule has 1 amide bonds. The minimum Gasteiger partial charge on any atom is -0.334 e. The molecule has 1 aliphatic carbocycles. The van der Waals surface area contributed by atoms with Gasteiger partial charge < -0.3 is 15.4 Å². The van der Waals surface area contributed by atoms with Crippen LogP contribution in [0.2, 0.25) is 5.02 Å². The third-order valence-electron chi connectivity index (χ3n) is 7.55. The molecule has 0 bridgehead atoms. The maximum Gasteiger partial charge on any atom is 0.273 e. The predicted octanol–water partition coefficient (Wildman–Crippen LogP) is 5.32. The Kier molecular flexibility index (Phi) is 7.00. The van der Waals surface area contributed by atoms with Crippen LogP contribution in [0, 0.1) is 0 Å². The van der Waals surface area contributed by atoms with Crippen molar-refractivity contribution in [1.29, 1.82) is 0 Å². The number of nitrogens with zero attached hydrogens (tertiary/aromatic N) is 3. The number of hydrogen-bond donors (Lipinski definition) is 2. The number of halogens is 1. The van der Waals surface area contributed by atoms with Gasteiger partial charge in [-0.15, -0.1) is 0 Å². The average Bonchev–Trinajstić information content (AvgIpc) is 2.89. The molecular weight excluding hydrogens is 478 g/mol. The summed E-state index contributed by atoms with van der Waals surface area (Å²) in [5, 5.41) is 0.741. The number of nitrogens with one attached hydrogen (secondary N) is 1. The van der Waals surface area contributed by atoms with Gasteiger partial charge in [-0.25, -0.2) is 9.97 Å². The van der Waals surface area contributed by atoms with Gasteiger partial charge in [0.15, 0.2) is 0 Å². The van der Waals surface area contributed by atoms with Gasteiger partial charge in [0.25, 0.3) is 5.91 Å². The molecule has 3 aromatic rings. The minimum atomic E-state index is -0.0801. The quantitative estimate of drug-likeness (QED) is 0.439. The predicted molar refractivity (Wildman–Crippen MR) is 144 cm³/mol. The summed E-state index contributed by atoms with van der Waals surface area (Å²) in [5.41, 5.74) is 11.8. The maximum atomic E-state index is 13.6. The Hall–Kier alpha value is -2.61. The van der Waals surface area contributed by atoms with Crippen molar-refractivity contribution in [1.82, 2.24) is 14.9 Å². The molecule has 6 nitrogen and oxygen atoms in total. The van der Waals surface area contributed by atoms with Crippen LogP contribution in [-0.4, -0.2) is 46.2 Å². The minimum absolute atomic E-state index is 0.0151. The molecule has 1 aromatic heterocycles. The van der Waals surface area contributed by atoms with Crippen molar-refractivity contribution in [3.05, 3.63) is 76.7 Å².